The third-order valence-corrected chi connectivity index (χ3v) is 6.60. The van der Waals surface area contributed by atoms with E-state index in [2.05, 4.69) is 24.8 Å². The fraction of sp³-hybridized carbons (Fsp3) is 0.182. The average molecular weight is 449 g/mol. The minimum Gasteiger partial charge on any atom is -0.352 e. The summed E-state index contributed by atoms with van der Waals surface area (Å²) in [6, 6.07) is 11.2. The van der Waals surface area contributed by atoms with Crippen molar-refractivity contribution in [2.45, 2.75) is 0 Å². The normalized spacial score (nSPS) is 14.6. The van der Waals surface area contributed by atoms with Gasteiger partial charge in [-0.3, -0.25) is 0 Å². The SMILES string of the molecule is Fc1ccc(-c2cn3nc(N4CCN(c5ncnc6c(F)cccc56)CC4)sc3n2)cc1. The highest BCUT2D eigenvalue weighted by atomic mass is 32.1. The lowest BCUT2D eigenvalue weighted by molar-refractivity contribution is 0.628. The molecule has 0 bridgehead atoms. The number of benzene rings is 2. The van der Waals surface area contributed by atoms with E-state index in [-0.39, 0.29) is 11.6 Å². The number of halogens is 2. The molecule has 0 unspecified atom stereocenters. The van der Waals surface area contributed by atoms with Gasteiger partial charge in [-0.15, -0.1) is 5.10 Å². The van der Waals surface area contributed by atoms with Gasteiger partial charge in [-0.2, -0.15) is 0 Å². The molecule has 1 fully saturated rings. The van der Waals surface area contributed by atoms with Crippen LogP contribution in [0.15, 0.2) is 55.0 Å². The molecule has 0 saturated carbocycles. The number of imidazole rings is 1. The van der Waals surface area contributed by atoms with Crippen molar-refractivity contribution in [3.8, 4) is 11.3 Å². The number of anilines is 2. The molecule has 0 amide bonds. The predicted molar refractivity (Wildman–Crippen MR) is 120 cm³/mol. The van der Waals surface area contributed by atoms with Crippen LogP contribution in [0.2, 0.25) is 0 Å². The van der Waals surface area contributed by atoms with Crippen LogP contribution in [-0.2, 0) is 0 Å². The molecule has 0 radical (unpaired) electrons. The summed E-state index contributed by atoms with van der Waals surface area (Å²) in [4.78, 5) is 18.3. The Kier molecular flexibility index (Phi) is 4.46. The quantitative estimate of drug-likeness (QED) is 0.415. The number of fused-ring (bicyclic) bond motifs is 2. The second-order valence-corrected chi connectivity index (χ2v) is 8.49. The summed E-state index contributed by atoms with van der Waals surface area (Å²) in [5.41, 5.74) is 1.97. The molecule has 2 aromatic carbocycles. The van der Waals surface area contributed by atoms with E-state index < -0.39 is 0 Å². The van der Waals surface area contributed by atoms with Gasteiger partial charge in [0.05, 0.1) is 11.9 Å². The fourth-order valence-electron chi connectivity index (χ4n) is 3.98. The van der Waals surface area contributed by atoms with E-state index in [0.717, 1.165) is 58.7 Å². The Morgan fingerprint density at radius 3 is 2.44 bits per heavy atom. The highest BCUT2D eigenvalue weighted by molar-refractivity contribution is 7.20. The van der Waals surface area contributed by atoms with Crippen molar-refractivity contribution in [1.29, 1.82) is 0 Å². The number of piperazine rings is 1. The van der Waals surface area contributed by atoms with Crippen LogP contribution in [-0.4, -0.2) is 50.7 Å². The smallest absolute Gasteiger partial charge is 0.214 e. The molecule has 7 nitrogen and oxygen atoms in total. The molecule has 0 spiro atoms. The Balaban J connectivity index is 1.20. The molecule has 10 heteroatoms. The summed E-state index contributed by atoms with van der Waals surface area (Å²) in [5, 5.41) is 6.31. The molecule has 32 heavy (non-hydrogen) atoms. The summed E-state index contributed by atoms with van der Waals surface area (Å²) < 4.78 is 29.0. The van der Waals surface area contributed by atoms with Gasteiger partial charge in [0, 0.05) is 37.1 Å². The van der Waals surface area contributed by atoms with Crippen LogP contribution in [0.4, 0.5) is 19.7 Å². The maximum Gasteiger partial charge on any atom is 0.214 e. The van der Waals surface area contributed by atoms with E-state index >= 15 is 0 Å². The van der Waals surface area contributed by atoms with Crippen LogP contribution in [0, 0.1) is 11.6 Å². The van der Waals surface area contributed by atoms with Crippen LogP contribution in [0.1, 0.15) is 0 Å². The fourth-order valence-corrected chi connectivity index (χ4v) is 4.91. The lowest BCUT2D eigenvalue weighted by Crippen LogP contribution is -2.47. The molecule has 1 aliphatic rings. The van der Waals surface area contributed by atoms with Gasteiger partial charge in [0.25, 0.3) is 0 Å². The Hall–Kier alpha value is -3.66. The van der Waals surface area contributed by atoms with Crippen molar-refractivity contribution in [3.63, 3.8) is 0 Å². The first kappa shape index (κ1) is 19.1. The molecule has 6 rings (SSSR count). The van der Waals surface area contributed by atoms with Crippen LogP contribution in [0.25, 0.3) is 27.1 Å². The topological polar surface area (TPSA) is 62.5 Å². The van der Waals surface area contributed by atoms with Crippen molar-refractivity contribution in [2.75, 3.05) is 36.0 Å². The Morgan fingerprint density at radius 2 is 1.66 bits per heavy atom. The van der Waals surface area contributed by atoms with Gasteiger partial charge in [-0.25, -0.2) is 28.2 Å². The zero-order chi connectivity index (χ0) is 21.7. The summed E-state index contributed by atoms with van der Waals surface area (Å²) in [7, 11) is 0. The minimum absolute atomic E-state index is 0.269. The summed E-state index contributed by atoms with van der Waals surface area (Å²) >= 11 is 1.52. The van der Waals surface area contributed by atoms with E-state index in [0.29, 0.717) is 5.52 Å². The van der Waals surface area contributed by atoms with Crippen molar-refractivity contribution in [3.05, 3.63) is 66.6 Å². The zero-order valence-corrected chi connectivity index (χ0v) is 17.6. The van der Waals surface area contributed by atoms with Crippen LogP contribution in [0.3, 0.4) is 0 Å². The van der Waals surface area contributed by atoms with E-state index in [1.807, 2.05) is 12.3 Å². The second-order valence-electron chi connectivity index (χ2n) is 7.55. The first-order valence-corrected chi connectivity index (χ1v) is 11.0. The molecule has 1 aliphatic heterocycles. The van der Waals surface area contributed by atoms with Gasteiger partial charge < -0.3 is 9.80 Å². The maximum atomic E-state index is 14.1. The Bertz CT molecular complexity index is 1390. The van der Waals surface area contributed by atoms with Crippen molar-refractivity contribution >= 4 is 38.2 Å². The second kappa shape index (κ2) is 7.49. The molecular weight excluding hydrogens is 432 g/mol. The number of hydrogen-bond acceptors (Lipinski definition) is 7. The van der Waals surface area contributed by atoms with Crippen LogP contribution in [0.5, 0.6) is 0 Å². The van der Waals surface area contributed by atoms with Gasteiger partial charge in [-0.05, 0) is 36.4 Å². The number of para-hydroxylation sites is 1. The highest BCUT2D eigenvalue weighted by Gasteiger charge is 2.23. The van der Waals surface area contributed by atoms with Crippen LogP contribution < -0.4 is 9.80 Å². The van der Waals surface area contributed by atoms with E-state index in [4.69, 9.17) is 5.10 Å². The number of nitrogens with zero attached hydrogens (tertiary/aromatic N) is 7. The third kappa shape index (κ3) is 3.23. The summed E-state index contributed by atoms with van der Waals surface area (Å²) in [5.74, 6) is 0.150. The van der Waals surface area contributed by atoms with Gasteiger partial charge >= 0.3 is 0 Å². The standard InChI is InChI=1S/C22H17F2N7S/c23-15-6-4-14(5-7-15)18-12-31-21(27-18)32-22(28-31)30-10-8-29(9-11-30)20-16-2-1-3-17(24)19(16)25-13-26-20/h1-7,12-13H,8-11H2. The molecular formula is C22H17F2N7S. The molecule has 0 aliphatic carbocycles. The molecule has 0 atom stereocenters. The summed E-state index contributed by atoms with van der Waals surface area (Å²) in [6.07, 6.45) is 3.28. The van der Waals surface area contributed by atoms with Crippen LogP contribution >= 0.6 is 11.3 Å². The molecule has 1 saturated heterocycles. The lowest BCUT2D eigenvalue weighted by Gasteiger charge is -2.35. The predicted octanol–water partition coefficient (Wildman–Crippen LogP) is 4.01. The lowest BCUT2D eigenvalue weighted by atomic mass is 10.2. The summed E-state index contributed by atoms with van der Waals surface area (Å²) in [6.45, 7) is 3.02. The number of rotatable bonds is 3. The number of aromatic nitrogens is 5. The van der Waals surface area contributed by atoms with Gasteiger partial charge in [0.2, 0.25) is 10.1 Å². The molecule has 5 aromatic rings. The van der Waals surface area contributed by atoms with Crippen molar-refractivity contribution in [2.24, 2.45) is 0 Å². The van der Waals surface area contributed by atoms with E-state index in [9.17, 15) is 8.78 Å². The molecule has 0 N–H and O–H groups in total. The minimum atomic E-state index is -0.337. The van der Waals surface area contributed by atoms with Gasteiger partial charge in [-0.1, -0.05) is 17.4 Å². The monoisotopic (exact) mass is 449 g/mol. The Morgan fingerprint density at radius 1 is 0.875 bits per heavy atom. The zero-order valence-electron chi connectivity index (χ0n) is 16.8. The average Bonchev–Trinajstić information content (AvgIpc) is 3.39. The van der Waals surface area contributed by atoms with Crippen molar-refractivity contribution in [1.82, 2.24) is 24.6 Å². The first-order valence-electron chi connectivity index (χ1n) is 10.2. The third-order valence-electron chi connectivity index (χ3n) is 5.62. The number of hydrogen-bond donors (Lipinski definition) is 0. The van der Waals surface area contributed by atoms with E-state index in [1.54, 1.807) is 22.7 Å². The molecule has 3 aromatic heterocycles. The van der Waals surface area contributed by atoms with E-state index in [1.165, 1.54) is 35.9 Å². The van der Waals surface area contributed by atoms with Gasteiger partial charge in [0.15, 0.2) is 0 Å². The van der Waals surface area contributed by atoms with Gasteiger partial charge in [0.1, 0.15) is 29.3 Å². The molecule has 4 heterocycles. The highest BCUT2D eigenvalue weighted by Crippen LogP contribution is 2.29. The maximum absolute atomic E-state index is 14.1. The Labute approximate surface area is 185 Å². The van der Waals surface area contributed by atoms with Crippen molar-refractivity contribution < 1.29 is 8.78 Å². The molecule has 160 valence electrons. The largest absolute Gasteiger partial charge is 0.352 e. The first-order chi connectivity index (χ1) is 15.7.